The molecule has 0 aliphatic rings. The zero-order chi connectivity index (χ0) is 18.8. The fourth-order valence-electron chi connectivity index (χ4n) is 3.26. The number of fused-ring (bicyclic) bond motifs is 6. The molecule has 0 fully saturated rings. The molecule has 2 heterocycles. The van der Waals surface area contributed by atoms with Gasteiger partial charge in [0, 0.05) is 21.5 Å². The summed E-state index contributed by atoms with van der Waals surface area (Å²) >= 11 is 0. The van der Waals surface area contributed by atoms with Gasteiger partial charge in [-0.05, 0) is 49.2 Å². The third kappa shape index (κ3) is 2.86. The molecule has 0 spiro atoms. The quantitative estimate of drug-likeness (QED) is 0.283. The van der Waals surface area contributed by atoms with Crippen LogP contribution in [0.15, 0.2) is 57.4 Å². The molecular weight excluding hydrogens is 320 g/mol. The maximum Gasteiger partial charge on any atom is 0.136 e. The Labute approximate surface area is 154 Å². The van der Waals surface area contributed by atoms with Crippen molar-refractivity contribution in [3.8, 4) is 0 Å². The van der Waals surface area contributed by atoms with E-state index in [1.807, 2.05) is 27.7 Å². The average molecular weight is 346 g/mol. The Kier molecular flexibility index (Phi) is 5.03. The van der Waals surface area contributed by atoms with Gasteiger partial charge in [-0.1, -0.05) is 52.0 Å². The topological polar surface area (TPSA) is 26.3 Å². The van der Waals surface area contributed by atoms with E-state index in [4.69, 9.17) is 8.83 Å². The van der Waals surface area contributed by atoms with E-state index in [0.29, 0.717) is 0 Å². The van der Waals surface area contributed by atoms with Crippen molar-refractivity contribution in [2.24, 2.45) is 0 Å². The molecule has 0 bridgehead atoms. The van der Waals surface area contributed by atoms with Crippen molar-refractivity contribution in [2.45, 2.75) is 41.5 Å². The molecule has 26 heavy (non-hydrogen) atoms. The Morgan fingerprint density at radius 1 is 0.462 bits per heavy atom. The lowest BCUT2D eigenvalue weighted by atomic mass is 10.1. The first-order chi connectivity index (χ1) is 12.7. The molecule has 2 aromatic heterocycles. The van der Waals surface area contributed by atoms with Crippen molar-refractivity contribution in [2.75, 3.05) is 0 Å². The highest BCUT2D eigenvalue weighted by molar-refractivity contribution is 6.14. The maximum absolute atomic E-state index is 6.04. The van der Waals surface area contributed by atoms with E-state index in [1.54, 1.807) is 0 Å². The van der Waals surface area contributed by atoms with Gasteiger partial charge >= 0.3 is 0 Å². The van der Waals surface area contributed by atoms with E-state index in [0.717, 1.165) is 43.9 Å². The van der Waals surface area contributed by atoms with Crippen LogP contribution >= 0.6 is 0 Å². The van der Waals surface area contributed by atoms with E-state index >= 15 is 0 Å². The van der Waals surface area contributed by atoms with Gasteiger partial charge < -0.3 is 8.83 Å². The average Bonchev–Trinajstić information content (AvgIpc) is 3.19. The van der Waals surface area contributed by atoms with Crippen LogP contribution in [0.3, 0.4) is 0 Å². The van der Waals surface area contributed by atoms with Gasteiger partial charge in [-0.3, -0.25) is 0 Å². The fraction of sp³-hybridized carbons (Fsp3) is 0.250. The molecule has 0 aliphatic carbocycles. The number of rotatable bonds is 0. The Morgan fingerprint density at radius 3 is 1.19 bits per heavy atom. The lowest BCUT2D eigenvalue weighted by Gasteiger charge is -1.92. The standard InChI is InChI=1S/C20H14O2.2C2H6/c1-11-3-5-13-15-9-20-16(10-19(15)21-17(13)7-11)14-6-4-12(2)8-18(14)22-20;2*1-2/h3-10H,1-2H3;2*1-2H3. The Balaban J connectivity index is 0.000000461. The number of furan rings is 2. The van der Waals surface area contributed by atoms with Crippen LogP contribution in [0.4, 0.5) is 0 Å². The van der Waals surface area contributed by atoms with Gasteiger partial charge in [-0.2, -0.15) is 0 Å². The predicted molar refractivity (Wildman–Crippen MR) is 113 cm³/mol. The molecule has 0 unspecified atom stereocenters. The first-order valence-electron chi connectivity index (χ1n) is 9.45. The lowest BCUT2D eigenvalue weighted by molar-refractivity contribution is 0.663. The molecule has 0 saturated heterocycles. The van der Waals surface area contributed by atoms with Crippen LogP contribution in [0.25, 0.3) is 43.9 Å². The Bertz CT molecular complexity index is 1090. The minimum atomic E-state index is 0.913. The first-order valence-corrected chi connectivity index (χ1v) is 9.45. The zero-order valence-corrected chi connectivity index (χ0v) is 16.4. The van der Waals surface area contributed by atoms with Crippen molar-refractivity contribution >= 4 is 43.9 Å². The van der Waals surface area contributed by atoms with E-state index in [9.17, 15) is 0 Å². The largest absolute Gasteiger partial charge is 0.456 e. The van der Waals surface area contributed by atoms with E-state index in [2.05, 4.69) is 62.4 Å². The molecular formula is C24H26O2. The summed E-state index contributed by atoms with van der Waals surface area (Å²) in [5.41, 5.74) is 6.10. The summed E-state index contributed by atoms with van der Waals surface area (Å²) in [5, 5.41) is 4.50. The van der Waals surface area contributed by atoms with Crippen molar-refractivity contribution < 1.29 is 8.83 Å². The highest BCUT2D eigenvalue weighted by Gasteiger charge is 2.13. The highest BCUT2D eigenvalue weighted by atomic mass is 16.3. The van der Waals surface area contributed by atoms with Crippen LogP contribution in [-0.4, -0.2) is 0 Å². The van der Waals surface area contributed by atoms with Gasteiger partial charge in [-0.15, -0.1) is 0 Å². The van der Waals surface area contributed by atoms with E-state index in [-0.39, 0.29) is 0 Å². The van der Waals surface area contributed by atoms with Gasteiger partial charge in [-0.25, -0.2) is 0 Å². The fourth-order valence-corrected chi connectivity index (χ4v) is 3.26. The van der Waals surface area contributed by atoms with Crippen molar-refractivity contribution in [3.63, 3.8) is 0 Å². The van der Waals surface area contributed by atoms with Crippen LogP contribution in [0.5, 0.6) is 0 Å². The number of aryl methyl sites for hydroxylation is 2. The van der Waals surface area contributed by atoms with Crippen LogP contribution in [0, 0.1) is 13.8 Å². The van der Waals surface area contributed by atoms with E-state index < -0.39 is 0 Å². The van der Waals surface area contributed by atoms with Crippen molar-refractivity contribution in [1.29, 1.82) is 0 Å². The molecule has 0 N–H and O–H groups in total. The third-order valence-electron chi connectivity index (χ3n) is 4.38. The number of benzene rings is 3. The van der Waals surface area contributed by atoms with Gasteiger partial charge in [0.05, 0.1) is 0 Å². The molecule has 3 aromatic carbocycles. The molecule has 0 saturated carbocycles. The maximum atomic E-state index is 6.04. The first kappa shape index (κ1) is 18.1. The highest BCUT2D eigenvalue weighted by Crippen LogP contribution is 2.36. The summed E-state index contributed by atoms with van der Waals surface area (Å²) in [7, 11) is 0. The number of hydrogen-bond donors (Lipinski definition) is 0. The minimum absolute atomic E-state index is 0.913. The second-order valence-corrected chi connectivity index (χ2v) is 6.05. The molecule has 0 atom stereocenters. The van der Waals surface area contributed by atoms with Gasteiger partial charge in [0.2, 0.25) is 0 Å². The summed E-state index contributed by atoms with van der Waals surface area (Å²) in [4.78, 5) is 0. The summed E-state index contributed by atoms with van der Waals surface area (Å²) < 4.78 is 12.1. The summed E-state index contributed by atoms with van der Waals surface area (Å²) in [5.74, 6) is 0. The Morgan fingerprint density at radius 2 is 0.808 bits per heavy atom. The second kappa shape index (κ2) is 7.25. The molecule has 0 radical (unpaired) electrons. The van der Waals surface area contributed by atoms with Crippen LogP contribution < -0.4 is 0 Å². The van der Waals surface area contributed by atoms with Crippen LogP contribution in [-0.2, 0) is 0 Å². The smallest absolute Gasteiger partial charge is 0.136 e. The summed E-state index contributed by atoms with van der Waals surface area (Å²) in [6.07, 6.45) is 0. The van der Waals surface area contributed by atoms with Crippen molar-refractivity contribution in [3.05, 3.63) is 59.7 Å². The third-order valence-corrected chi connectivity index (χ3v) is 4.38. The normalized spacial score (nSPS) is 10.7. The minimum Gasteiger partial charge on any atom is -0.456 e. The predicted octanol–water partition coefficient (Wildman–Crippen LogP) is 8.15. The monoisotopic (exact) mass is 346 g/mol. The molecule has 2 heteroatoms. The Hall–Kier alpha value is -2.74. The second-order valence-electron chi connectivity index (χ2n) is 6.05. The molecule has 5 aromatic rings. The molecule has 134 valence electrons. The zero-order valence-electron chi connectivity index (χ0n) is 16.4. The summed E-state index contributed by atoms with van der Waals surface area (Å²) in [6.45, 7) is 12.2. The lowest BCUT2D eigenvalue weighted by Crippen LogP contribution is -1.71. The van der Waals surface area contributed by atoms with Crippen LogP contribution in [0.1, 0.15) is 38.8 Å². The van der Waals surface area contributed by atoms with Crippen molar-refractivity contribution in [1.82, 2.24) is 0 Å². The van der Waals surface area contributed by atoms with E-state index in [1.165, 1.54) is 11.1 Å². The molecule has 0 aliphatic heterocycles. The van der Waals surface area contributed by atoms with Gasteiger partial charge in [0.15, 0.2) is 0 Å². The van der Waals surface area contributed by atoms with Gasteiger partial charge in [0.25, 0.3) is 0 Å². The molecule has 0 amide bonds. The number of hydrogen-bond acceptors (Lipinski definition) is 2. The van der Waals surface area contributed by atoms with Crippen LogP contribution in [0.2, 0.25) is 0 Å². The van der Waals surface area contributed by atoms with Gasteiger partial charge in [0.1, 0.15) is 22.3 Å². The molecule has 2 nitrogen and oxygen atoms in total. The summed E-state index contributed by atoms with van der Waals surface area (Å²) in [6, 6.07) is 16.8. The molecule has 5 rings (SSSR count). The SMILES string of the molecule is CC.CC.Cc1ccc2c(c1)oc1cc3c(cc12)oc1cc(C)ccc13.